The van der Waals surface area contributed by atoms with Crippen molar-refractivity contribution in [2.45, 2.75) is 6.92 Å². The van der Waals surface area contributed by atoms with Crippen LogP contribution in [0.3, 0.4) is 0 Å². The van der Waals surface area contributed by atoms with Crippen LogP contribution in [0.15, 0.2) is 59.1 Å². The summed E-state index contributed by atoms with van der Waals surface area (Å²) in [5, 5.41) is 7.04. The predicted molar refractivity (Wildman–Crippen MR) is 98.9 cm³/mol. The lowest BCUT2D eigenvalue weighted by molar-refractivity contribution is 1.11. The van der Waals surface area contributed by atoms with Crippen LogP contribution in [0, 0.1) is 6.92 Å². The number of anilines is 4. The smallest absolute Gasteiger partial charge is 0.229 e. The Morgan fingerprint density at radius 1 is 0.957 bits per heavy atom. The van der Waals surface area contributed by atoms with Gasteiger partial charge in [0.05, 0.1) is 10.7 Å². The van der Waals surface area contributed by atoms with E-state index in [1.165, 1.54) is 0 Å². The molecule has 0 unspecified atom stereocenters. The Labute approximate surface area is 148 Å². The quantitative estimate of drug-likeness (QED) is 0.602. The van der Waals surface area contributed by atoms with Crippen molar-refractivity contribution in [1.82, 2.24) is 9.97 Å². The number of hydrogen-bond donors (Lipinski definition) is 2. The molecular weight excluding hydrogens is 376 g/mol. The van der Waals surface area contributed by atoms with Gasteiger partial charge in [0.1, 0.15) is 5.82 Å². The molecule has 2 N–H and O–H groups in total. The molecule has 23 heavy (non-hydrogen) atoms. The normalized spacial score (nSPS) is 10.4. The van der Waals surface area contributed by atoms with E-state index in [-0.39, 0.29) is 0 Å². The van der Waals surface area contributed by atoms with Crippen molar-refractivity contribution in [3.05, 3.63) is 69.8 Å². The number of aryl methyl sites for hydroxylation is 1. The molecule has 3 rings (SSSR count). The van der Waals surface area contributed by atoms with Gasteiger partial charge < -0.3 is 10.6 Å². The maximum Gasteiger partial charge on any atom is 0.229 e. The summed E-state index contributed by atoms with van der Waals surface area (Å²) in [7, 11) is 0. The minimum Gasteiger partial charge on any atom is -0.340 e. The van der Waals surface area contributed by atoms with Gasteiger partial charge in [0, 0.05) is 21.9 Å². The van der Waals surface area contributed by atoms with Crippen LogP contribution in [0.25, 0.3) is 0 Å². The third-order valence-electron chi connectivity index (χ3n) is 3.07. The number of nitrogens with zero attached hydrogens (tertiary/aromatic N) is 2. The summed E-state index contributed by atoms with van der Waals surface area (Å²) < 4.78 is 1.00. The van der Waals surface area contributed by atoms with Crippen LogP contribution in [0.2, 0.25) is 5.02 Å². The Kier molecular flexibility index (Phi) is 4.79. The molecule has 2 aromatic carbocycles. The highest BCUT2D eigenvalue weighted by Gasteiger charge is 2.05. The van der Waals surface area contributed by atoms with Gasteiger partial charge in [-0.3, -0.25) is 0 Å². The molecule has 0 amide bonds. The highest BCUT2D eigenvalue weighted by atomic mass is 79.9. The summed E-state index contributed by atoms with van der Waals surface area (Å²) in [6.07, 6.45) is 0. The third-order valence-corrected chi connectivity index (χ3v) is 3.89. The fourth-order valence-corrected chi connectivity index (χ4v) is 2.67. The van der Waals surface area contributed by atoms with Gasteiger partial charge in [0.2, 0.25) is 5.95 Å². The standard InChI is InChI=1S/C17H14BrClN4/c1-11-9-16(21-13-6-4-5-12(18)10-13)23-17(20-11)22-15-8-3-2-7-14(15)19/h2-10H,1H3,(H2,20,21,22,23). The molecule has 0 fully saturated rings. The van der Waals surface area contributed by atoms with Crippen LogP contribution in [0.5, 0.6) is 0 Å². The number of para-hydroxylation sites is 1. The van der Waals surface area contributed by atoms with E-state index in [9.17, 15) is 0 Å². The lowest BCUT2D eigenvalue weighted by atomic mass is 10.3. The van der Waals surface area contributed by atoms with Gasteiger partial charge in [-0.1, -0.05) is 45.7 Å². The highest BCUT2D eigenvalue weighted by Crippen LogP contribution is 2.25. The summed E-state index contributed by atoms with van der Waals surface area (Å²) in [5.41, 5.74) is 2.57. The van der Waals surface area contributed by atoms with E-state index in [0.29, 0.717) is 16.8 Å². The second kappa shape index (κ2) is 6.98. The van der Waals surface area contributed by atoms with E-state index in [2.05, 4.69) is 36.5 Å². The van der Waals surface area contributed by atoms with Crippen molar-refractivity contribution in [2.75, 3.05) is 10.6 Å². The van der Waals surface area contributed by atoms with E-state index in [0.717, 1.165) is 21.5 Å². The number of hydrogen-bond acceptors (Lipinski definition) is 4. The summed E-state index contributed by atoms with van der Waals surface area (Å²) in [6.45, 7) is 1.92. The fourth-order valence-electron chi connectivity index (χ4n) is 2.09. The van der Waals surface area contributed by atoms with Gasteiger partial charge in [0.15, 0.2) is 0 Å². The van der Waals surface area contributed by atoms with Crippen molar-refractivity contribution in [1.29, 1.82) is 0 Å². The second-order valence-corrected chi connectivity index (χ2v) is 6.28. The lowest BCUT2D eigenvalue weighted by Crippen LogP contribution is -2.02. The minimum absolute atomic E-state index is 0.496. The molecule has 1 heterocycles. The molecule has 0 bridgehead atoms. The monoisotopic (exact) mass is 388 g/mol. The summed E-state index contributed by atoms with van der Waals surface area (Å²) in [5.74, 6) is 1.21. The molecule has 0 saturated carbocycles. The van der Waals surface area contributed by atoms with Crippen LogP contribution in [-0.2, 0) is 0 Å². The first-order chi connectivity index (χ1) is 11.1. The zero-order chi connectivity index (χ0) is 16.2. The molecule has 3 aromatic rings. The minimum atomic E-state index is 0.496. The Bertz CT molecular complexity index is 838. The number of nitrogens with one attached hydrogen (secondary N) is 2. The molecule has 0 atom stereocenters. The van der Waals surface area contributed by atoms with Gasteiger partial charge >= 0.3 is 0 Å². The molecular formula is C17H14BrClN4. The van der Waals surface area contributed by atoms with E-state index < -0.39 is 0 Å². The van der Waals surface area contributed by atoms with Crippen molar-refractivity contribution in [2.24, 2.45) is 0 Å². The number of rotatable bonds is 4. The number of halogens is 2. The van der Waals surface area contributed by atoms with E-state index in [4.69, 9.17) is 11.6 Å². The molecule has 4 nitrogen and oxygen atoms in total. The molecule has 6 heteroatoms. The average Bonchev–Trinajstić information content (AvgIpc) is 2.49. The fraction of sp³-hybridized carbons (Fsp3) is 0.0588. The Morgan fingerprint density at radius 2 is 1.78 bits per heavy atom. The first-order valence-electron chi connectivity index (χ1n) is 7.00. The lowest BCUT2D eigenvalue weighted by Gasteiger charge is -2.11. The first kappa shape index (κ1) is 15.8. The molecule has 0 radical (unpaired) electrons. The Morgan fingerprint density at radius 3 is 2.57 bits per heavy atom. The van der Waals surface area contributed by atoms with Crippen molar-refractivity contribution in [3.63, 3.8) is 0 Å². The van der Waals surface area contributed by atoms with Crippen LogP contribution in [0.1, 0.15) is 5.69 Å². The maximum absolute atomic E-state index is 6.16. The molecule has 0 aliphatic heterocycles. The van der Waals surface area contributed by atoms with Gasteiger partial charge in [0.25, 0.3) is 0 Å². The largest absolute Gasteiger partial charge is 0.340 e. The summed E-state index contributed by atoms with van der Waals surface area (Å²) >= 11 is 9.62. The van der Waals surface area contributed by atoms with Crippen LogP contribution in [0.4, 0.5) is 23.1 Å². The maximum atomic E-state index is 6.16. The zero-order valence-corrected chi connectivity index (χ0v) is 14.7. The molecule has 1 aromatic heterocycles. The average molecular weight is 390 g/mol. The SMILES string of the molecule is Cc1cc(Nc2cccc(Br)c2)nc(Nc2ccccc2Cl)n1. The zero-order valence-electron chi connectivity index (χ0n) is 12.3. The van der Waals surface area contributed by atoms with Crippen LogP contribution < -0.4 is 10.6 Å². The van der Waals surface area contributed by atoms with Crippen LogP contribution >= 0.6 is 27.5 Å². The van der Waals surface area contributed by atoms with E-state index in [1.807, 2.05) is 61.5 Å². The Balaban J connectivity index is 1.86. The Hall–Kier alpha value is -2.11. The summed E-state index contributed by atoms with van der Waals surface area (Å²) in [6, 6.07) is 17.3. The molecule has 0 saturated heterocycles. The van der Waals surface area contributed by atoms with Crippen molar-refractivity contribution in [3.8, 4) is 0 Å². The predicted octanol–water partition coefficient (Wildman–Crippen LogP) is 5.69. The van der Waals surface area contributed by atoms with Crippen LogP contribution in [-0.4, -0.2) is 9.97 Å². The van der Waals surface area contributed by atoms with Gasteiger partial charge in [-0.15, -0.1) is 0 Å². The van der Waals surface area contributed by atoms with Crippen molar-refractivity contribution < 1.29 is 0 Å². The molecule has 0 aliphatic rings. The molecule has 0 aliphatic carbocycles. The topological polar surface area (TPSA) is 49.8 Å². The van der Waals surface area contributed by atoms with Gasteiger partial charge in [-0.2, -0.15) is 4.98 Å². The second-order valence-electron chi connectivity index (χ2n) is 4.96. The van der Waals surface area contributed by atoms with Gasteiger partial charge in [-0.05, 0) is 37.3 Å². The summed E-state index contributed by atoms with van der Waals surface area (Å²) in [4.78, 5) is 8.89. The number of aromatic nitrogens is 2. The molecule has 116 valence electrons. The highest BCUT2D eigenvalue weighted by molar-refractivity contribution is 9.10. The van der Waals surface area contributed by atoms with Gasteiger partial charge in [-0.25, -0.2) is 4.98 Å². The molecule has 0 spiro atoms. The number of benzene rings is 2. The first-order valence-corrected chi connectivity index (χ1v) is 8.17. The van der Waals surface area contributed by atoms with E-state index >= 15 is 0 Å². The van der Waals surface area contributed by atoms with E-state index in [1.54, 1.807) is 0 Å². The van der Waals surface area contributed by atoms with Crippen molar-refractivity contribution >= 4 is 50.7 Å². The third kappa shape index (κ3) is 4.21.